The molecule has 0 amide bonds. The molecule has 0 saturated heterocycles. The largest absolute Gasteiger partial charge is 0.396 e. The van der Waals surface area contributed by atoms with Crippen molar-refractivity contribution in [1.82, 2.24) is 0 Å². The van der Waals surface area contributed by atoms with Crippen molar-refractivity contribution in [3.05, 3.63) is 48.0 Å². The lowest BCUT2D eigenvalue weighted by Crippen LogP contribution is -1.94. The third-order valence-electron chi connectivity index (χ3n) is 3.09. The molecule has 0 bridgehead atoms. The quantitative estimate of drug-likeness (QED) is 0.470. The second kappa shape index (κ2) is 3.57. The van der Waals surface area contributed by atoms with E-state index in [1.807, 2.05) is 0 Å². The van der Waals surface area contributed by atoms with Crippen LogP contribution in [0.15, 0.2) is 36.4 Å². The maximum Gasteiger partial charge on any atom is 0.153 e. The molecule has 2 nitrogen and oxygen atoms in total. The van der Waals surface area contributed by atoms with Crippen molar-refractivity contribution < 1.29 is 8.78 Å². The zero-order chi connectivity index (χ0) is 12.9. The Bertz CT molecular complexity index is 714. The average Bonchev–Trinajstić information content (AvgIpc) is 2.38. The fraction of sp³-hybridized carbons (Fsp3) is 0. The Balaban J connectivity index is 2.51. The summed E-state index contributed by atoms with van der Waals surface area (Å²) in [5, 5.41) is 1.95. The molecule has 0 heterocycles. The first-order valence-electron chi connectivity index (χ1n) is 5.43. The molecule has 4 heteroatoms. The van der Waals surface area contributed by atoms with Crippen LogP contribution in [0.25, 0.3) is 21.5 Å². The molecule has 0 radical (unpaired) electrons. The fourth-order valence-electron chi connectivity index (χ4n) is 2.11. The van der Waals surface area contributed by atoms with Crippen LogP contribution in [0.1, 0.15) is 0 Å². The lowest BCUT2D eigenvalue weighted by molar-refractivity contribution is 0.642. The van der Waals surface area contributed by atoms with Crippen molar-refractivity contribution in [2.75, 3.05) is 11.5 Å². The van der Waals surface area contributed by atoms with E-state index in [1.165, 1.54) is 12.1 Å². The summed E-state index contributed by atoms with van der Waals surface area (Å²) in [6.07, 6.45) is 0. The number of anilines is 2. The van der Waals surface area contributed by atoms with Gasteiger partial charge in [0.05, 0.1) is 11.4 Å². The Kier molecular flexibility index (Phi) is 2.13. The van der Waals surface area contributed by atoms with Crippen molar-refractivity contribution in [3.63, 3.8) is 0 Å². The molecule has 3 aromatic rings. The Hall–Kier alpha value is -2.36. The van der Waals surface area contributed by atoms with Crippen LogP contribution in [-0.4, -0.2) is 0 Å². The minimum atomic E-state index is -0.480. The zero-order valence-electron chi connectivity index (χ0n) is 9.37. The number of rotatable bonds is 0. The predicted octanol–water partition coefficient (Wildman–Crippen LogP) is 3.44. The summed E-state index contributed by atoms with van der Waals surface area (Å²) in [5.74, 6) is -0.960. The fourth-order valence-corrected chi connectivity index (χ4v) is 2.11. The van der Waals surface area contributed by atoms with Crippen molar-refractivity contribution in [2.45, 2.75) is 0 Å². The van der Waals surface area contributed by atoms with Gasteiger partial charge in [-0.1, -0.05) is 12.1 Å². The van der Waals surface area contributed by atoms with Gasteiger partial charge in [0, 0.05) is 10.8 Å². The molecule has 3 rings (SSSR count). The molecule has 0 spiro atoms. The first kappa shape index (κ1) is 10.8. The van der Waals surface area contributed by atoms with Crippen molar-refractivity contribution in [3.8, 4) is 0 Å². The smallest absolute Gasteiger partial charge is 0.153 e. The minimum Gasteiger partial charge on any atom is -0.396 e. The van der Waals surface area contributed by atoms with Gasteiger partial charge in [0.25, 0.3) is 0 Å². The van der Waals surface area contributed by atoms with Crippen LogP contribution < -0.4 is 11.5 Å². The van der Waals surface area contributed by atoms with E-state index in [0.717, 1.165) is 0 Å². The standard InChI is InChI=1S/C14H10F2N2/c15-13-9-6-8-2-4-12(18)14(16)10(8)5-7(9)1-3-11(13)17/h1-6H,17-18H2. The highest BCUT2D eigenvalue weighted by Crippen LogP contribution is 2.30. The van der Waals surface area contributed by atoms with Crippen LogP contribution in [0.4, 0.5) is 20.2 Å². The van der Waals surface area contributed by atoms with E-state index in [-0.39, 0.29) is 11.4 Å². The Labute approximate surface area is 102 Å². The SMILES string of the molecule is Nc1ccc2cc3c(F)c(N)ccc3cc2c1F. The molecular formula is C14H10F2N2. The van der Waals surface area contributed by atoms with Gasteiger partial charge in [0.2, 0.25) is 0 Å². The molecule has 0 aliphatic carbocycles. The van der Waals surface area contributed by atoms with E-state index in [1.54, 1.807) is 24.3 Å². The number of hydrogen-bond acceptors (Lipinski definition) is 2. The second-order valence-electron chi connectivity index (χ2n) is 4.23. The van der Waals surface area contributed by atoms with Crippen LogP contribution in [0.2, 0.25) is 0 Å². The van der Waals surface area contributed by atoms with Crippen molar-refractivity contribution in [2.24, 2.45) is 0 Å². The van der Waals surface area contributed by atoms with Gasteiger partial charge in [-0.3, -0.25) is 0 Å². The molecule has 0 atom stereocenters. The van der Waals surface area contributed by atoms with E-state index in [9.17, 15) is 8.78 Å². The lowest BCUT2D eigenvalue weighted by atomic mass is 10.0. The second-order valence-corrected chi connectivity index (χ2v) is 4.23. The summed E-state index contributed by atoms with van der Waals surface area (Å²) in [4.78, 5) is 0. The molecule has 0 saturated carbocycles. The number of nitrogen functional groups attached to an aromatic ring is 2. The summed E-state index contributed by atoms with van der Waals surface area (Å²) in [5.41, 5.74) is 11.2. The highest BCUT2D eigenvalue weighted by molar-refractivity contribution is 6.00. The van der Waals surface area contributed by atoms with Gasteiger partial charge >= 0.3 is 0 Å². The topological polar surface area (TPSA) is 52.0 Å². The third kappa shape index (κ3) is 1.39. The minimum absolute atomic E-state index is 0.0813. The molecule has 0 fully saturated rings. The van der Waals surface area contributed by atoms with Gasteiger partial charge in [-0.25, -0.2) is 8.78 Å². The van der Waals surface area contributed by atoms with Crippen molar-refractivity contribution >= 4 is 32.9 Å². The first-order valence-corrected chi connectivity index (χ1v) is 5.43. The van der Waals surface area contributed by atoms with Crippen LogP contribution in [-0.2, 0) is 0 Å². The van der Waals surface area contributed by atoms with E-state index in [2.05, 4.69) is 0 Å². The van der Waals surface area contributed by atoms with E-state index < -0.39 is 11.6 Å². The summed E-state index contributed by atoms with van der Waals surface area (Å²) < 4.78 is 27.7. The van der Waals surface area contributed by atoms with Gasteiger partial charge in [-0.15, -0.1) is 0 Å². The summed E-state index contributed by atoms with van der Waals surface area (Å²) in [7, 11) is 0. The molecule has 90 valence electrons. The maximum atomic E-state index is 13.9. The normalized spacial score (nSPS) is 11.2. The Morgan fingerprint density at radius 3 is 1.44 bits per heavy atom. The predicted molar refractivity (Wildman–Crippen MR) is 70.2 cm³/mol. The van der Waals surface area contributed by atoms with Crippen LogP contribution >= 0.6 is 0 Å². The molecule has 0 aliphatic heterocycles. The Morgan fingerprint density at radius 2 is 1.06 bits per heavy atom. The highest BCUT2D eigenvalue weighted by atomic mass is 19.1. The van der Waals surface area contributed by atoms with Gasteiger partial charge in [0.15, 0.2) is 11.6 Å². The number of nitrogens with two attached hydrogens (primary N) is 2. The monoisotopic (exact) mass is 244 g/mol. The van der Waals surface area contributed by atoms with E-state index in [4.69, 9.17) is 11.5 Å². The number of hydrogen-bond donors (Lipinski definition) is 2. The summed E-state index contributed by atoms with van der Waals surface area (Å²) in [6.45, 7) is 0. The summed E-state index contributed by atoms with van der Waals surface area (Å²) >= 11 is 0. The molecule has 0 unspecified atom stereocenters. The Morgan fingerprint density at radius 1 is 0.667 bits per heavy atom. The van der Waals surface area contributed by atoms with Crippen LogP contribution in [0, 0.1) is 11.6 Å². The van der Waals surface area contributed by atoms with Gasteiger partial charge in [-0.05, 0) is 35.0 Å². The third-order valence-corrected chi connectivity index (χ3v) is 3.09. The van der Waals surface area contributed by atoms with Gasteiger partial charge in [0.1, 0.15) is 0 Å². The molecule has 18 heavy (non-hydrogen) atoms. The molecule has 4 N–H and O–H groups in total. The maximum absolute atomic E-state index is 13.9. The molecule has 3 aromatic carbocycles. The molecule has 0 aromatic heterocycles. The summed E-state index contributed by atoms with van der Waals surface area (Å²) in [6, 6.07) is 9.42. The van der Waals surface area contributed by atoms with Crippen LogP contribution in [0.3, 0.4) is 0 Å². The number of halogens is 2. The first-order chi connectivity index (χ1) is 8.58. The van der Waals surface area contributed by atoms with E-state index in [0.29, 0.717) is 21.5 Å². The van der Waals surface area contributed by atoms with E-state index >= 15 is 0 Å². The average molecular weight is 244 g/mol. The number of benzene rings is 3. The van der Waals surface area contributed by atoms with Gasteiger partial charge in [-0.2, -0.15) is 0 Å². The number of fused-ring (bicyclic) bond motifs is 2. The molecule has 0 aliphatic rings. The van der Waals surface area contributed by atoms with Gasteiger partial charge < -0.3 is 11.5 Å². The van der Waals surface area contributed by atoms with Crippen molar-refractivity contribution in [1.29, 1.82) is 0 Å². The van der Waals surface area contributed by atoms with Crippen LogP contribution in [0.5, 0.6) is 0 Å². The molecular weight excluding hydrogens is 234 g/mol. The lowest BCUT2D eigenvalue weighted by Gasteiger charge is -2.07. The zero-order valence-corrected chi connectivity index (χ0v) is 9.37. The highest BCUT2D eigenvalue weighted by Gasteiger charge is 2.10.